The van der Waals surface area contributed by atoms with Crippen LogP contribution in [0.3, 0.4) is 0 Å². The largest absolute Gasteiger partial charge is 0.325 e. The molecule has 6 nitrogen and oxygen atoms in total. The summed E-state index contributed by atoms with van der Waals surface area (Å²) < 4.78 is 26.3. The van der Waals surface area contributed by atoms with Crippen LogP contribution in [0.4, 0.5) is 14.5 Å². The Kier molecular flexibility index (Phi) is 5.70. The number of hydrogen-bond donors (Lipinski definition) is 2. The molecule has 1 heterocycles. The fourth-order valence-corrected chi connectivity index (χ4v) is 3.19. The van der Waals surface area contributed by atoms with Crippen LogP contribution in [0.2, 0.25) is 0 Å². The second-order valence-corrected chi connectivity index (χ2v) is 6.65. The number of aryl methyl sites for hydroxylation is 1. The number of carbonyl (C=O) groups is 1. The number of anilines is 1. The number of amides is 1. The molecule has 1 aromatic heterocycles. The van der Waals surface area contributed by atoms with Crippen molar-refractivity contribution in [1.29, 1.82) is 0 Å². The molecule has 3 rings (SSSR count). The van der Waals surface area contributed by atoms with Crippen LogP contribution in [0.25, 0.3) is 10.8 Å². The van der Waals surface area contributed by atoms with Crippen molar-refractivity contribution in [2.24, 2.45) is 0 Å². The monoisotopic (exact) mass is 391 g/mol. The number of alkyl halides is 2. The highest BCUT2D eigenvalue weighted by molar-refractivity contribution is 7.99. The van der Waals surface area contributed by atoms with Gasteiger partial charge in [0.1, 0.15) is 0 Å². The minimum atomic E-state index is -2.61. The minimum absolute atomic E-state index is 0.0467. The molecule has 0 unspecified atom stereocenters. The molecule has 2 N–H and O–H groups in total. The number of aromatic amines is 1. The summed E-state index contributed by atoms with van der Waals surface area (Å²) in [4.78, 5) is 36.9. The number of nitrogens with one attached hydrogen (secondary N) is 2. The van der Waals surface area contributed by atoms with Gasteiger partial charge in [-0.15, -0.1) is 0 Å². The maximum atomic E-state index is 12.6. The standard InChI is InChI=1S/C18H15F2N3O3S/c19-18(20)27-14-8-4-3-7-13(14)21-15(24)9-10-23-17(26)12-6-2-1-5-11(12)16(25)22-23/h1-8,18H,9-10H2,(H,21,24)(H,22,25). The number of para-hydroxylation sites is 1. The maximum Gasteiger partial charge on any atom is 0.288 e. The average Bonchev–Trinajstić information content (AvgIpc) is 2.65. The van der Waals surface area contributed by atoms with Gasteiger partial charge in [0.15, 0.2) is 0 Å². The van der Waals surface area contributed by atoms with E-state index in [1.807, 2.05) is 0 Å². The van der Waals surface area contributed by atoms with Gasteiger partial charge in [0, 0.05) is 11.3 Å². The van der Waals surface area contributed by atoms with Crippen LogP contribution >= 0.6 is 11.8 Å². The summed E-state index contributed by atoms with van der Waals surface area (Å²) >= 11 is 0.337. The first-order chi connectivity index (χ1) is 13.0. The lowest BCUT2D eigenvalue weighted by Gasteiger charge is -2.11. The Balaban J connectivity index is 1.74. The molecule has 2 aromatic carbocycles. The second-order valence-electron chi connectivity index (χ2n) is 5.62. The second kappa shape index (κ2) is 8.17. The molecule has 0 saturated carbocycles. The van der Waals surface area contributed by atoms with Crippen LogP contribution in [-0.2, 0) is 11.3 Å². The van der Waals surface area contributed by atoms with Gasteiger partial charge >= 0.3 is 0 Å². The molecular formula is C18H15F2N3O3S. The predicted octanol–water partition coefficient (Wildman–Crippen LogP) is 3.03. The van der Waals surface area contributed by atoms with Gasteiger partial charge in [-0.3, -0.25) is 19.5 Å². The Morgan fingerprint density at radius 3 is 2.48 bits per heavy atom. The zero-order valence-electron chi connectivity index (χ0n) is 13.9. The fraction of sp³-hybridized carbons (Fsp3) is 0.167. The number of benzene rings is 2. The number of hydrogen-bond acceptors (Lipinski definition) is 4. The summed E-state index contributed by atoms with van der Waals surface area (Å²) in [7, 11) is 0. The molecule has 0 spiro atoms. The van der Waals surface area contributed by atoms with Crippen LogP contribution in [0, 0.1) is 0 Å². The first kappa shape index (κ1) is 18.8. The zero-order valence-corrected chi connectivity index (χ0v) is 14.8. The van der Waals surface area contributed by atoms with Gasteiger partial charge in [0.2, 0.25) is 5.91 Å². The highest BCUT2D eigenvalue weighted by Crippen LogP contribution is 2.31. The number of fused-ring (bicyclic) bond motifs is 1. The van der Waals surface area contributed by atoms with E-state index in [2.05, 4.69) is 10.4 Å². The van der Waals surface area contributed by atoms with E-state index >= 15 is 0 Å². The SMILES string of the molecule is O=C(CCn1[nH]c(=O)c2ccccc2c1=O)Nc1ccccc1SC(F)F. The van der Waals surface area contributed by atoms with Crippen molar-refractivity contribution in [2.45, 2.75) is 23.6 Å². The van der Waals surface area contributed by atoms with E-state index in [1.165, 1.54) is 12.1 Å². The molecule has 0 radical (unpaired) electrons. The Hall–Kier alpha value is -2.94. The van der Waals surface area contributed by atoms with Crippen molar-refractivity contribution in [1.82, 2.24) is 9.78 Å². The van der Waals surface area contributed by atoms with E-state index in [1.54, 1.807) is 36.4 Å². The zero-order chi connectivity index (χ0) is 19.4. The fourth-order valence-electron chi connectivity index (χ4n) is 2.60. The molecule has 9 heteroatoms. The first-order valence-corrected chi connectivity index (χ1v) is 8.89. The summed E-state index contributed by atoms with van der Waals surface area (Å²) in [5.74, 6) is -3.07. The van der Waals surface area contributed by atoms with Crippen molar-refractivity contribution in [3.05, 3.63) is 69.2 Å². The van der Waals surface area contributed by atoms with Crippen LogP contribution < -0.4 is 16.4 Å². The molecule has 0 aliphatic heterocycles. The normalized spacial score (nSPS) is 11.1. The molecule has 0 saturated heterocycles. The van der Waals surface area contributed by atoms with E-state index in [0.29, 0.717) is 11.8 Å². The quantitative estimate of drug-likeness (QED) is 0.633. The minimum Gasteiger partial charge on any atom is -0.325 e. The van der Waals surface area contributed by atoms with Crippen molar-refractivity contribution < 1.29 is 13.6 Å². The molecule has 0 bridgehead atoms. The Bertz CT molecular complexity index is 1090. The lowest BCUT2D eigenvalue weighted by molar-refractivity contribution is -0.116. The Morgan fingerprint density at radius 2 is 1.74 bits per heavy atom. The number of aromatic nitrogens is 2. The Labute approximate surface area is 156 Å². The van der Waals surface area contributed by atoms with E-state index < -0.39 is 22.8 Å². The van der Waals surface area contributed by atoms with Gasteiger partial charge in [-0.05, 0) is 24.3 Å². The van der Waals surface area contributed by atoms with Gasteiger partial charge < -0.3 is 5.32 Å². The van der Waals surface area contributed by atoms with Crippen molar-refractivity contribution in [3.8, 4) is 0 Å². The lowest BCUT2D eigenvalue weighted by atomic mass is 10.2. The van der Waals surface area contributed by atoms with Gasteiger partial charge in [-0.2, -0.15) is 8.78 Å². The lowest BCUT2D eigenvalue weighted by Crippen LogP contribution is -2.31. The summed E-state index contributed by atoms with van der Waals surface area (Å²) in [6, 6.07) is 12.6. The Morgan fingerprint density at radius 1 is 1.07 bits per heavy atom. The third-order valence-corrected chi connectivity index (χ3v) is 4.61. The smallest absolute Gasteiger partial charge is 0.288 e. The molecule has 0 fully saturated rings. The third kappa shape index (κ3) is 4.43. The van der Waals surface area contributed by atoms with E-state index in [4.69, 9.17) is 0 Å². The van der Waals surface area contributed by atoms with Crippen LogP contribution in [0.5, 0.6) is 0 Å². The molecule has 1 amide bonds. The third-order valence-electron chi connectivity index (χ3n) is 3.82. The highest BCUT2D eigenvalue weighted by Gasteiger charge is 2.13. The van der Waals surface area contributed by atoms with E-state index in [0.717, 1.165) is 4.68 Å². The molecule has 27 heavy (non-hydrogen) atoms. The molecule has 0 atom stereocenters. The number of halogens is 2. The number of H-pyrrole nitrogens is 1. The number of carbonyl (C=O) groups excluding carboxylic acids is 1. The van der Waals surface area contributed by atoms with Crippen molar-refractivity contribution >= 4 is 34.1 Å². The van der Waals surface area contributed by atoms with E-state index in [-0.39, 0.29) is 34.3 Å². The van der Waals surface area contributed by atoms with Crippen LogP contribution in [0.15, 0.2) is 63.0 Å². The summed E-state index contributed by atoms with van der Waals surface area (Å²) in [5, 5.41) is 5.54. The van der Waals surface area contributed by atoms with Gasteiger partial charge in [-0.25, -0.2) is 4.68 Å². The van der Waals surface area contributed by atoms with Gasteiger partial charge in [0.05, 0.1) is 23.0 Å². The van der Waals surface area contributed by atoms with Gasteiger partial charge in [0.25, 0.3) is 16.9 Å². The summed E-state index contributed by atoms with van der Waals surface area (Å²) in [5.41, 5.74) is -0.567. The molecule has 3 aromatic rings. The topological polar surface area (TPSA) is 84.0 Å². The van der Waals surface area contributed by atoms with E-state index in [9.17, 15) is 23.2 Å². The van der Waals surface area contributed by atoms with Crippen molar-refractivity contribution in [2.75, 3.05) is 5.32 Å². The number of rotatable bonds is 6. The maximum absolute atomic E-state index is 12.6. The van der Waals surface area contributed by atoms with Crippen molar-refractivity contribution in [3.63, 3.8) is 0 Å². The summed E-state index contributed by atoms with van der Waals surface area (Å²) in [6.45, 7) is -0.0467. The predicted molar refractivity (Wildman–Crippen MR) is 100 cm³/mol. The number of thioether (sulfide) groups is 1. The first-order valence-electron chi connectivity index (χ1n) is 8.01. The molecule has 0 aliphatic carbocycles. The summed E-state index contributed by atoms with van der Waals surface area (Å²) in [6.07, 6.45) is -0.109. The average molecular weight is 391 g/mol. The molecule has 0 aliphatic rings. The highest BCUT2D eigenvalue weighted by atomic mass is 32.2. The molecular weight excluding hydrogens is 376 g/mol. The molecule has 140 valence electrons. The number of nitrogens with zero attached hydrogens (tertiary/aromatic N) is 1. The van der Waals surface area contributed by atoms with Crippen LogP contribution in [-0.4, -0.2) is 21.4 Å². The van der Waals surface area contributed by atoms with Crippen LogP contribution in [0.1, 0.15) is 6.42 Å². The van der Waals surface area contributed by atoms with Gasteiger partial charge in [-0.1, -0.05) is 36.0 Å².